The van der Waals surface area contributed by atoms with E-state index in [0.29, 0.717) is 12.5 Å². The summed E-state index contributed by atoms with van der Waals surface area (Å²) < 4.78 is 27.7. The van der Waals surface area contributed by atoms with Crippen LogP contribution in [0.1, 0.15) is 20.3 Å². The Morgan fingerprint density at radius 3 is 2.75 bits per heavy atom. The topological polar surface area (TPSA) is 56.3 Å². The molecule has 0 saturated carbocycles. The molecule has 6 heteroatoms. The van der Waals surface area contributed by atoms with E-state index in [1.807, 2.05) is 0 Å². The lowest BCUT2D eigenvalue weighted by Gasteiger charge is -2.09. The standard InChI is InChI=1S/C10H14ClNO3S/c1-8(2)5-7-15-10-9(16(11,13)14)4-3-6-12-10/h3-4,6,8H,5,7H2,1-2H3. The molecule has 4 nitrogen and oxygen atoms in total. The fourth-order valence-electron chi connectivity index (χ4n) is 1.06. The Bertz CT molecular complexity index is 445. The maximum atomic E-state index is 11.2. The molecule has 0 bridgehead atoms. The van der Waals surface area contributed by atoms with E-state index in [1.54, 1.807) is 0 Å². The third-order valence-electron chi connectivity index (χ3n) is 1.93. The van der Waals surface area contributed by atoms with Crippen molar-refractivity contribution >= 4 is 19.7 Å². The second-order valence-corrected chi connectivity index (χ2v) is 6.31. The monoisotopic (exact) mass is 263 g/mol. The Balaban J connectivity index is 2.80. The summed E-state index contributed by atoms with van der Waals surface area (Å²) >= 11 is 0. The Morgan fingerprint density at radius 2 is 2.19 bits per heavy atom. The van der Waals surface area contributed by atoms with Crippen molar-refractivity contribution in [1.29, 1.82) is 0 Å². The van der Waals surface area contributed by atoms with E-state index in [9.17, 15) is 8.42 Å². The van der Waals surface area contributed by atoms with Crippen LogP contribution in [-0.2, 0) is 9.05 Å². The molecule has 0 aliphatic carbocycles. The van der Waals surface area contributed by atoms with Gasteiger partial charge in [0.15, 0.2) is 0 Å². The average molecular weight is 264 g/mol. The molecular weight excluding hydrogens is 250 g/mol. The minimum atomic E-state index is -3.80. The second-order valence-electron chi connectivity index (χ2n) is 3.78. The summed E-state index contributed by atoms with van der Waals surface area (Å²) in [7, 11) is 1.46. The van der Waals surface area contributed by atoms with E-state index >= 15 is 0 Å². The molecule has 1 rings (SSSR count). The van der Waals surface area contributed by atoms with Crippen LogP contribution in [0.4, 0.5) is 0 Å². The first kappa shape index (κ1) is 13.3. The molecule has 90 valence electrons. The lowest BCUT2D eigenvalue weighted by molar-refractivity contribution is 0.272. The Labute approximate surface area is 100 Å². The van der Waals surface area contributed by atoms with Crippen molar-refractivity contribution in [3.8, 4) is 5.88 Å². The predicted octanol–water partition coefficient (Wildman–Crippen LogP) is 2.43. The Hall–Kier alpha value is -0.810. The van der Waals surface area contributed by atoms with Crippen LogP contribution < -0.4 is 4.74 Å². The van der Waals surface area contributed by atoms with Crippen molar-refractivity contribution in [3.05, 3.63) is 18.3 Å². The minimum absolute atomic E-state index is 0.0677. The van der Waals surface area contributed by atoms with Gasteiger partial charge in [0, 0.05) is 16.9 Å². The first-order valence-corrected chi connectivity index (χ1v) is 7.24. The van der Waals surface area contributed by atoms with Crippen LogP contribution in [0.25, 0.3) is 0 Å². The quantitative estimate of drug-likeness (QED) is 0.766. The van der Waals surface area contributed by atoms with Crippen LogP contribution in [0.2, 0.25) is 0 Å². The number of aromatic nitrogens is 1. The number of rotatable bonds is 5. The van der Waals surface area contributed by atoms with Gasteiger partial charge in [-0.2, -0.15) is 0 Å². The van der Waals surface area contributed by atoms with Gasteiger partial charge in [0.1, 0.15) is 4.90 Å². The fourth-order valence-corrected chi connectivity index (χ4v) is 1.97. The molecule has 1 aromatic heterocycles. The van der Waals surface area contributed by atoms with Gasteiger partial charge in [0.05, 0.1) is 6.61 Å². The number of halogens is 1. The largest absolute Gasteiger partial charge is 0.477 e. The lowest BCUT2D eigenvalue weighted by Crippen LogP contribution is -2.05. The van der Waals surface area contributed by atoms with Gasteiger partial charge in [-0.05, 0) is 24.5 Å². The zero-order valence-electron chi connectivity index (χ0n) is 9.18. The molecule has 0 atom stereocenters. The van der Waals surface area contributed by atoms with Gasteiger partial charge < -0.3 is 4.74 Å². The van der Waals surface area contributed by atoms with Crippen molar-refractivity contribution in [1.82, 2.24) is 4.98 Å². The molecule has 0 unspecified atom stereocenters. The molecule has 0 aromatic carbocycles. The van der Waals surface area contributed by atoms with Crippen molar-refractivity contribution in [2.75, 3.05) is 6.61 Å². The predicted molar refractivity (Wildman–Crippen MR) is 62.2 cm³/mol. The van der Waals surface area contributed by atoms with Gasteiger partial charge in [0.2, 0.25) is 5.88 Å². The third kappa shape index (κ3) is 3.98. The van der Waals surface area contributed by atoms with Gasteiger partial charge >= 0.3 is 0 Å². The smallest absolute Gasteiger partial charge is 0.266 e. The van der Waals surface area contributed by atoms with Gasteiger partial charge in [-0.1, -0.05) is 13.8 Å². The maximum absolute atomic E-state index is 11.2. The van der Waals surface area contributed by atoms with Gasteiger partial charge in [-0.25, -0.2) is 13.4 Å². The van der Waals surface area contributed by atoms with E-state index < -0.39 is 9.05 Å². The first-order valence-electron chi connectivity index (χ1n) is 4.93. The summed E-state index contributed by atoms with van der Waals surface area (Å²) in [4.78, 5) is 3.77. The summed E-state index contributed by atoms with van der Waals surface area (Å²) in [6.07, 6.45) is 2.30. The molecule has 0 saturated heterocycles. The molecule has 0 amide bonds. The second kappa shape index (κ2) is 5.50. The molecule has 0 radical (unpaired) electrons. The zero-order chi connectivity index (χ0) is 12.2. The van der Waals surface area contributed by atoms with Gasteiger partial charge in [0.25, 0.3) is 9.05 Å². The Kier molecular flexibility index (Phi) is 4.56. The van der Waals surface area contributed by atoms with Crippen molar-refractivity contribution < 1.29 is 13.2 Å². The van der Waals surface area contributed by atoms with Crippen molar-refractivity contribution in [3.63, 3.8) is 0 Å². The van der Waals surface area contributed by atoms with E-state index in [-0.39, 0.29) is 10.8 Å². The minimum Gasteiger partial charge on any atom is -0.477 e. The van der Waals surface area contributed by atoms with Crippen molar-refractivity contribution in [2.24, 2.45) is 5.92 Å². The van der Waals surface area contributed by atoms with Gasteiger partial charge in [-0.15, -0.1) is 0 Å². The maximum Gasteiger partial charge on any atom is 0.266 e. The highest BCUT2D eigenvalue weighted by molar-refractivity contribution is 8.13. The van der Waals surface area contributed by atoms with Crippen LogP contribution in [0.5, 0.6) is 5.88 Å². The molecule has 0 aliphatic rings. The summed E-state index contributed by atoms with van der Waals surface area (Å²) in [5, 5.41) is 0. The molecule has 0 N–H and O–H groups in total. The molecular formula is C10H14ClNO3S. The lowest BCUT2D eigenvalue weighted by atomic mass is 10.1. The van der Waals surface area contributed by atoms with Crippen LogP contribution in [-0.4, -0.2) is 20.0 Å². The average Bonchev–Trinajstić information content (AvgIpc) is 2.16. The number of hydrogen-bond acceptors (Lipinski definition) is 4. The normalized spacial score (nSPS) is 11.8. The highest BCUT2D eigenvalue weighted by atomic mass is 35.7. The Morgan fingerprint density at radius 1 is 1.50 bits per heavy atom. The highest BCUT2D eigenvalue weighted by Gasteiger charge is 2.17. The van der Waals surface area contributed by atoms with Crippen LogP contribution in [0.3, 0.4) is 0 Å². The van der Waals surface area contributed by atoms with Crippen LogP contribution in [0.15, 0.2) is 23.2 Å². The molecule has 0 fully saturated rings. The number of hydrogen-bond donors (Lipinski definition) is 0. The summed E-state index contributed by atoms with van der Waals surface area (Å²) in [5.74, 6) is 0.554. The summed E-state index contributed by atoms with van der Waals surface area (Å²) in [6.45, 7) is 4.54. The zero-order valence-corrected chi connectivity index (χ0v) is 10.8. The SMILES string of the molecule is CC(C)CCOc1ncccc1S(=O)(=O)Cl. The third-order valence-corrected chi connectivity index (χ3v) is 3.27. The fraction of sp³-hybridized carbons (Fsp3) is 0.500. The van der Waals surface area contributed by atoms with Gasteiger partial charge in [-0.3, -0.25) is 0 Å². The summed E-state index contributed by atoms with van der Waals surface area (Å²) in [5.41, 5.74) is 0. The molecule has 1 aromatic rings. The molecule has 0 aliphatic heterocycles. The number of pyridine rings is 1. The first-order chi connectivity index (χ1) is 7.41. The molecule has 1 heterocycles. The number of nitrogens with zero attached hydrogens (tertiary/aromatic N) is 1. The van der Waals surface area contributed by atoms with E-state index in [2.05, 4.69) is 18.8 Å². The van der Waals surface area contributed by atoms with E-state index in [4.69, 9.17) is 15.4 Å². The highest BCUT2D eigenvalue weighted by Crippen LogP contribution is 2.24. The van der Waals surface area contributed by atoms with E-state index in [1.165, 1.54) is 18.3 Å². The number of ether oxygens (including phenoxy) is 1. The van der Waals surface area contributed by atoms with E-state index in [0.717, 1.165) is 6.42 Å². The summed E-state index contributed by atoms with van der Waals surface area (Å²) in [6, 6.07) is 2.88. The molecule has 0 spiro atoms. The van der Waals surface area contributed by atoms with Crippen LogP contribution >= 0.6 is 10.7 Å². The molecule has 16 heavy (non-hydrogen) atoms. The van der Waals surface area contributed by atoms with Crippen LogP contribution in [0, 0.1) is 5.92 Å². The van der Waals surface area contributed by atoms with Crippen molar-refractivity contribution in [2.45, 2.75) is 25.2 Å².